The largest absolute Gasteiger partial charge is 0.351 e. The summed E-state index contributed by atoms with van der Waals surface area (Å²) in [7, 11) is 0. The van der Waals surface area contributed by atoms with E-state index in [4.69, 9.17) is 17.3 Å². The summed E-state index contributed by atoms with van der Waals surface area (Å²) in [4.78, 5) is 16.5. The Morgan fingerprint density at radius 1 is 1.53 bits per heavy atom. The summed E-state index contributed by atoms with van der Waals surface area (Å²) in [5.74, 6) is 0.200. The fraction of sp³-hybridized carbons (Fsp3) is 0. The summed E-state index contributed by atoms with van der Waals surface area (Å²) in [6.07, 6.45) is 1.27. The Bertz CT molecular complexity index is 524. The molecule has 1 heterocycles. The van der Waals surface area contributed by atoms with Crippen molar-refractivity contribution < 1.29 is 4.79 Å². The normalized spacial score (nSPS) is 10.2. The van der Waals surface area contributed by atoms with Crippen molar-refractivity contribution in [3.05, 3.63) is 34.0 Å². The standard InChI is InChI=1S/C9H7BrClN5O/c10-5-2-1-3-6(11)7(5)16(8(12)17)9-13-4-14-15-9/h1-4H,(H2,12,17)(H,13,14,15). The van der Waals surface area contributed by atoms with Gasteiger partial charge in [-0.1, -0.05) is 17.7 Å². The molecule has 3 N–H and O–H groups in total. The van der Waals surface area contributed by atoms with E-state index < -0.39 is 6.03 Å². The summed E-state index contributed by atoms with van der Waals surface area (Å²) in [6, 6.07) is 4.42. The van der Waals surface area contributed by atoms with E-state index in [1.54, 1.807) is 18.2 Å². The Balaban J connectivity index is 2.58. The van der Waals surface area contributed by atoms with Gasteiger partial charge in [-0.2, -0.15) is 10.1 Å². The average molecular weight is 317 g/mol. The van der Waals surface area contributed by atoms with Crippen LogP contribution in [0.2, 0.25) is 5.02 Å². The number of anilines is 2. The van der Waals surface area contributed by atoms with Crippen LogP contribution in [-0.2, 0) is 0 Å². The summed E-state index contributed by atoms with van der Waals surface area (Å²) in [6.45, 7) is 0. The molecule has 0 atom stereocenters. The van der Waals surface area contributed by atoms with Gasteiger partial charge in [-0.3, -0.25) is 0 Å². The second-order valence-corrected chi connectivity index (χ2v) is 4.31. The zero-order valence-electron chi connectivity index (χ0n) is 8.39. The van der Waals surface area contributed by atoms with E-state index in [9.17, 15) is 4.79 Å². The Labute approximate surface area is 110 Å². The monoisotopic (exact) mass is 315 g/mol. The maximum Gasteiger partial charge on any atom is 0.326 e. The topological polar surface area (TPSA) is 87.9 Å². The number of nitrogens with zero attached hydrogens (tertiary/aromatic N) is 3. The first-order valence-corrected chi connectivity index (χ1v) is 5.67. The lowest BCUT2D eigenvalue weighted by molar-refractivity contribution is 0.256. The van der Waals surface area contributed by atoms with Gasteiger partial charge in [-0.05, 0) is 28.1 Å². The predicted octanol–water partition coefficient (Wildman–Crippen LogP) is 2.44. The molecule has 0 saturated carbocycles. The van der Waals surface area contributed by atoms with Crippen molar-refractivity contribution in [3.63, 3.8) is 0 Å². The van der Waals surface area contributed by atoms with E-state index in [0.29, 0.717) is 15.2 Å². The van der Waals surface area contributed by atoms with Gasteiger partial charge < -0.3 is 5.73 Å². The van der Waals surface area contributed by atoms with Crippen LogP contribution in [0.25, 0.3) is 0 Å². The first-order valence-electron chi connectivity index (χ1n) is 4.50. The number of H-pyrrole nitrogens is 1. The second kappa shape index (κ2) is 4.72. The Kier molecular flexibility index (Phi) is 3.30. The highest BCUT2D eigenvalue weighted by Gasteiger charge is 2.22. The predicted molar refractivity (Wildman–Crippen MR) is 67.3 cm³/mol. The highest BCUT2D eigenvalue weighted by molar-refractivity contribution is 9.10. The number of carbonyl (C=O) groups is 1. The summed E-state index contributed by atoms with van der Waals surface area (Å²) >= 11 is 9.35. The number of amides is 2. The molecule has 0 radical (unpaired) electrons. The van der Waals surface area contributed by atoms with Crippen LogP contribution in [-0.4, -0.2) is 21.2 Å². The van der Waals surface area contributed by atoms with Gasteiger partial charge in [0.2, 0.25) is 5.95 Å². The molecule has 2 rings (SSSR count). The summed E-state index contributed by atoms with van der Waals surface area (Å²) in [5, 5.41) is 6.59. The van der Waals surface area contributed by atoms with Crippen molar-refractivity contribution in [2.24, 2.45) is 5.73 Å². The van der Waals surface area contributed by atoms with Crippen molar-refractivity contribution in [2.75, 3.05) is 4.90 Å². The molecule has 6 nitrogen and oxygen atoms in total. The van der Waals surface area contributed by atoms with Gasteiger partial charge in [0.1, 0.15) is 6.33 Å². The first-order chi connectivity index (χ1) is 8.11. The summed E-state index contributed by atoms with van der Waals surface area (Å²) in [5.41, 5.74) is 5.73. The zero-order chi connectivity index (χ0) is 12.4. The third-order valence-electron chi connectivity index (χ3n) is 2.00. The number of carbonyl (C=O) groups excluding carboxylic acids is 1. The molecule has 0 fully saturated rings. The fourth-order valence-electron chi connectivity index (χ4n) is 1.33. The molecule has 0 unspecified atom stereocenters. The average Bonchev–Trinajstić information content (AvgIpc) is 2.76. The zero-order valence-corrected chi connectivity index (χ0v) is 10.7. The molecule has 17 heavy (non-hydrogen) atoms. The Morgan fingerprint density at radius 3 is 2.82 bits per heavy atom. The van der Waals surface area contributed by atoms with Crippen LogP contribution in [0.15, 0.2) is 29.0 Å². The van der Waals surface area contributed by atoms with E-state index in [1.165, 1.54) is 6.33 Å². The van der Waals surface area contributed by atoms with Gasteiger partial charge in [0.05, 0.1) is 10.7 Å². The van der Waals surface area contributed by atoms with Gasteiger partial charge in [0.15, 0.2) is 0 Å². The lowest BCUT2D eigenvalue weighted by Gasteiger charge is -2.19. The molecule has 88 valence electrons. The van der Waals surface area contributed by atoms with Crippen molar-refractivity contribution in [1.82, 2.24) is 15.2 Å². The lowest BCUT2D eigenvalue weighted by Crippen LogP contribution is -2.32. The van der Waals surface area contributed by atoms with E-state index in [0.717, 1.165) is 4.90 Å². The number of rotatable bonds is 2. The van der Waals surface area contributed by atoms with Gasteiger partial charge in [0.25, 0.3) is 0 Å². The number of halogens is 2. The number of nitrogens with two attached hydrogens (primary N) is 1. The molecule has 1 aromatic carbocycles. The number of hydrogen-bond donors (Lipinski definition) is 2. The van der Waals surface area contributed by atoms with E-state index in [2.05, 4.69) is 31.1 Å². The van der Waals surface area contributed by atoms with Crippen molar-refractivity contribution in [1.29, 1.82) is 0 Å². The van der Waals surface area contributed by atoms with E-state index >= 15 is 0 Å². The quantitative estimate of drug-likeness (QED) is 0.892. The molecule has 8 heteroatoms. The smallest absolute Gasteiger partial charge is 0.326 e. The molecule has 1 aromatic heterocycles. The molecule has 0 aliphatic heterocycles. The van der Waals surface area contributed by atoms with Gasteiger partial charge in [0, 0.05) is 4.47 Å². The maximum absolute atomic E-state index is 11.5. The number of primary amides is 1. The van der Waals surface area contributed by atoms with Crippen LogP contribution in [0.5, 0.6) is 0 Å². The minimum Gasteiger partial charge on any atom is -0.351 e. The van der Waals surface area contributed by atoms with Crippen LogP contribution < -0.4 is 10.6 Å². The number of benzene rings is 1. The summed E-state index contributed by atoms with van der Waals surface area (Å²) < 4.78 is 0.625. The van der Waals surface area contributed by atoms with E-state index in [1.807, 2.05) is 0 Å². The number of aromatic amines is 1. The van der Waals surface area contributed by atoms with Gasteiger partial charge >= 0.3 is 6.03 Å². The second-order valence-electron chi connectivity index (χ2n) is 3.05. The van der Waals surface area contributed by atoms with Crippen molar-refractivity contribution in [2.45, 2.75) is 0 Å². The van der Waals surface area contributed by atoms with Gasteiger partial charge in [-0.25, -0.2) is 14.8 Å². The SMILES string of the molecule is NC(=O)N(c1ncn[nH]1)c1c(Cl)cccc1Br. The highest BCUT2D eigenvalue weighted by atomic mass is 79.9. The molecule has 0 bridgehead atoms. The van der Waals surface area contributed by atoms with Crippen LogP contribution >= 0.6 is 27.5 Å². The van der Waals surface area contributed by atoms with Crippen LogP contribution in [0.3, 0.4) is 0 Å². The Hall–Kier alpha value is -1.60. The molecule has 0 aliphatic rings. The molecule has 2 aromatic rings. The Morgan fingerprint density at radius 2 is 2.29 bits per heavy atom. The number of urea groups is 1. The van der Waals surface area contributed by atoms with Crippen LogP contribution in [0.4, 0.5) is 16.4 Å². The molecular formula is C9H7BrClN5O. The van der Waals surface area contributed by atoms with E-state index in [-0.39, 0.29) is 5.95 Å². The van der Waals surface area contributed by atoms with Gasteiger partial charge in [-0.15, -0.1) is 0 Å². The van der Waals surface area contributed by atoms with Crippen molar-refractivity contribution >= 4 is 45.2 Å². The molecule has 0 spiro atoms. The number of para-hydroxylation sites is 1. The van der Waals surface area contributed by atoms with Crippen LogP contribution in [0, 0.1) is 0 Å². The lowest BCUT2D eigenvalue weighted by atomic mass is 10.3. The highest BCUT2D eigenvalue weighted by Crippen LogP contribution is 2.36. The first kappa shape index (κ1) is 11.9. The van der Waals surface area contributed by atoms with Crippen LogP contribution in [0.1, 0.15) is 0 Å². The third kappa shape index (κ3) is 2.25. The third-order valence-corrected chi connectivity index (χ3v) is 2.94. The van der Waals surface area contributed by atoms with Crippen molar-refractivity contribution in [3.8, 4) is 0 Å². The number of nitrogens with one attached hydrogen (secondary N) is 1. The molecule has 0 saturated heterocycles. The minimum absolute atomic E-state index is 0.200. The minimum atomic E-state index is -0.712. The number of hydrogen-bond acceptors (Lipinski definition) is 3. The molecule has 0 aliphatic carbocycles. The fourth-order valence-corrected chi connectivity index (χ4v) is 2.25. The maximum atomic E-state index is 11.5. The molecule has 2 amide bonds. The molecular weight excluding hydrogens is 309 g/mol. The number of aromatic nitrogens is 3.